The molecule has 5 nitrogen and oxygen atoms in total. The Morgan fingerprint density at radius 1 is 1.23 bits per heavy atom. The van der Waals surface area contributed by atoms with Crippen LogP contribution < -0.4 is 14.8 Å². The fourth-order valence-corrected chi connectivity index (χ4v) is 2.28. The fourth-order valence-electron chi connectivity index (χ4n) is 2.28. The summed E-state index contributed by atoms with van der Waals surface area (Å²) in [7, 11) is 3.26. The van der Waals surface area contributed by atoms with E-state index in [4.69, 9.17) is 9.47 Å². The maximum Gasteiger partial charge on any atom is 0.234 e. The third-order valence-electron chi connectivity index (χ3n) is 3.50. The molecule has 1 N–H and O–H groups in total. The molecule has 0 heterocycles. The third-order valence-corrected chi connectivity index (χ3v) is 3.50. The van der Waals surface area contributed by atoms with E-state index in [-0.39, 0.29) is 11.9 Å². The van der Waals surface area contributed by atoms with E-state index in [9.17, 15) is 4.79 Å². The van der Waals surface area contributed by atoms with Gasteiger partial charge >= 0.3 is 0 Å². The van der Waals surface area contributed by atoms with Crippen molar-refractivity contribution in [3.8, 4) is 11.5 Å². The Morgan fingerprint density at radius 3 is 2.32 bits per heavy atom. The molecular weight excluding hydrogens is 280 g/mol. The highest BCUT2D eigenvalue weighted by molar-refractivity contribution is 5.78. The van der Waals surface area contributed by atoms with Crippen molar-refractivity contribution in [1.29, 1.82) is 0 Å². The van der Waals surface area contributed by atoms with Crippen LogP contribution in [0.4, 0.5) is 0 Å². The topological polar surface area (TPSA) is 50.8 Å². The summed E-state index contributed by atoms with van der Waals surface area (Å²) in [6, 6.07) is 4.11. The van der Waals surface area contributed by atoms with Gasteiger partial charge in [-0.2, -0.15) is 0 Å². The van der Waals surface area contributed by atoms with Gasteiger partial charge in [0.2, 0.25) is 5.91 Å². The van der Waals surface area contributed by atoms with Gasteiger partial charge in [0.15, 0.2) is 11.5 Å². The maximum atomic E-state index is 11.9. The number of ether oxygens (including phenoxy) is 2. The summed E-state index contributed by atoms with van der Waals surface area (Å²) in [6.45, 7) is 9.92. The van der Waals surface area contributed by atoms with Gasteiger partial charge < -0.3 is 14.8 Å². The zero-order chi connectivity index (χ0) is 16.7. The summed E-state index contributed by atoms with van der Waals surface area (Å²) in [5.41, 5.74) is 2.26. The number of amides is 1. The van der Waals surface area contributed by atoms with Gasteiger partial charge in [0.05, 0.1) is 20.8 Å². The first-order valence-corrected chi connectivity index (χ1v) is 7.64. The van der Waals surface area contributed by atoms with Crippen molar-refractivity contribution in [1.82, 2.24) is 10.2 Å². The van der Waals surface area contributed by atoms with E-state index < -0.39 is 0 Å². The lowest BCUT2D eigenvalue weighted by atomic mass is 10.1. The molecule has 0 aliphatic rings. The lowest BCUT2D eigenvalue weighted by molar-refractivity contribution is -0.122. The van der Waals surface area contributed by atoms with Gasteiger partial charge in [0.25, 0.3) is 0 Å². The molecule has 1 aromatic rings. The minimum atomic E-state index is 0.0509. The molecule has 0 fully saturated rings. The van der Waals surface area contributed by atoms with E-state index in [0.29, 0.717) is 18.8 Å². The number of nitrogens with zero attached hydrogens (tertiary/aromatic N) is 1. The standard InChI is InChI=1S/C17H28N2O3/c1-7-19(11-17(20)18-12(2)3)10-14-9-16(22-6)15(21-5)8-13(14)4/h8-9,12H,7,10-11H2,1-6H3,(H,18,20). The number of hydrogen-bond acceptors (Lipinski definition) is 4. The Hall–Kier alpha value is -1.75. The van der Waals surface area contributed by atoms with Gasteiger partial charge in [0.1, 0.15) is 0 Å². The first-order valence-electron chi connectivity index (χ1n) is 7.64. The molecule has 0 atom stereocenters. The number of likely N-dealkylation sites (N-methyl/N-ethyl adjacent to an activating group) is 1. The van der Waals surface area contributed by atoms with Crippen LogP contribution in [-0.4, -0.2) is 44.2 Å². The Kier molecular flexibility index (Phi) is 7.18. The van der Waals surface area contributed by atoms with E-state index in [2.05, 4.69) is 17.1 Å². The third kappa shape index (κ3) is 5.22. The summed E-state index contributed by atoms with van der Waals surface area (Å²) >= 11 is 0. The van der Waals surface area contributed by atoms with Gasteiger partial charge in [0, 0.05) is 12.6 Å². The van der Waals surface area contributed by atoms with Crippen LogP contribution in [0, 0.1) is 6.92 Å². The van der Waals surface area contributed by atoms with Crippen molar-refractivity contribution in [3.05, 3.63) is 23.3 Å². The van der Waals surface area contributed by atoms with Crippen molar-refractivity contribution in [2.75, 3.05) is 27.3 Å². The first-order chi connectivity index (χ1) is 10.4. The van der Waals surface area contributed by atoms with Crippen molar-refractivity contribution < 1.29 is 14.3 Å². The number of hydrogen-bond donors (Lipinski definition) is 1. The fraction of sp³-hybridized carbons (Fsp3) is 0.588. The highest BCUT2D eigenvalue weighted by atomic mass is 16.5. The van der Waals surface area contributed by atoms with Crippen LogP contribution in [-0.2, 0) is 11.3 Å². The highest BCUT2D eigenvalue weighted by Gasteiger charge is 2.14. The van der Waals surface area contributed by atoms with Crippen LogP contribution in [0.1, 0.15) is 31.9 Å². The van der Waals surface area contributed by atoms with Gasteiger partial charge in [-0.3, -0.25) is 9.69 Å². The molecular formula is C17H28N2O3. The quantitative estimate of drug-likeness (QED) is 0.801. The summed E-state index contributed by atoms with van der Waals surface area (Å²) in [4.78, 5) is 14.0. The minimum Gasteiger partial charge on any atom is -0.493 e. The van der Waals surface area contributed by atoms with Gasteiger partial charge in [-0.15, -0.1) is 0 Å². The average Bonchev–Trinajstić information content (AvgIpc) is 2.46. The number of methoxy groups -OCH3 is 2. The summed E-state index contributed by atoms with van der Waals surface area (Å²) < 4.78 is 10.7. The molecule has 22 heavy (non-hydrogen) atoms. The minimum absolute atomic E-state index is 0.0509. The predicted molar refractivity (Wildman–Crippen MR) is 88.5 cm³/mol. The van der Waals surface area contributed by atoms with E-state index in [1.807, 2.05) is 32.9 Å². The first kappa shape index (κ1) is 18.3. The monoisotopic (exact) mass is 308 g/mol. The van der Waals surface area contributed by atoms with Crippen LogP contribution in [0.25, 0.3) is 0 Å². The average molecular weight is 308 g/mol. The normalized spacial score (nSPS) is 10.9. The molecule has 0 aromatic heterocycles. The molecule has 1 aromatic carbocycles. The zero-order valence-corrected chi connectivity index (χ0v) is 14.5. The lowest BCUT2D eigenvalue weighted by Gasteiger charge is -2.22. The van der Waals surface area contributed by atoms with E-state index in [0.717, 1.165) is 23.4 Å². The van der Waals surface area contributed by atoms with Gasteiger partial charge in [-0.1, -0.05) is 6.92 Å². The van der Waals surface area contributed by atoms with E-state index >= 15 is 0 Å². The molecule has 0 bridgehead atoms. The number of benzene rings is 1. The second kappa shape index (κ2) is 8.63. The number of carbonyl (C=O) groups is 1. The Bertz CT molecular complexity index is 501. The molecule has 0 aliphatic carbocycles. The largest absolute Gasteiger partial charge is 0.493 e. The van der Waals surface area contributed by atoms with Crippen LogP contribution in [0.15, 0.2) is 12.1 Å². The second-order valence-electron chi connectivity index (χ2n) is 5.66. The van der Waals surface area contributed by atoms with Crippen LogP contribution >= 0.6 is 0 Å². The van der Waals surface area contributed by atoms with E-state index in [1.165, 1.54) is 0 Å². The molecule has 0 spiro atoms. The Morgan fingerprint density at radius 2 is 1.82 bits per heavy atom. The summed E-state index contributed by atoms with van der Waals surface area (Å²) in [5.74, 6) is 1.49. The van der Waals surface area contributed by atoms with Crippen LogP contribution in [0.5, 0.6) is 11.5 Å². The molecule has 0 aliphatic heterocycles. The van der Waals surface area contributed by atoms with E-state index in [1.54, 1.807) is 14.2 Å². The van der Waals surface area contributed by atoms with Crippen LogP contribution in [0.2, 0.25) is 0 Å². The summed E-state index contributed by atoms with van der Waals surface area (Å²) in [5, 5.41) is 2.92. The number of rotatable bonds is 8. The lowest BCUT2D eigenvalue weighted by Crippen LogP contribution is -2.39. The summed E-state index contributed by atoms with van der Waals surface area (Å²) in [6.07, 6.45) is 0. The Labute approximate surface area is 133 Å². The predicted octanol–water partition coefficient (Wildman–Crippen LogP) is 2.36. The molecule has 0 saturated carbocycles. The van der Waals surface area contributed by atoms with Crippen molar-refractivity contribution >= 4 is 5.91 Å². The second-order valence-corrected chi connectivity index (χ2v) is 5.66. The van der Waals surface area contributed by atoms with Gasteiger partial charge in [-0.25, -0.2) is 0 Å². The number of nitrogens with one attached hydrogen (secondary N) is 1. The number of aryl methyl sites for hydroxylation is 1. The highest BCUT2D eigenvalue weighted by Crippen LogP contribution is 2.30. The van der Waals surface area contributed by atoms with Crippen molar-refractivity contribution in [3.63, 3.8) is 0 Å². The zero-order valence-electron chi connectivity index (χ0n) is 14.5. The van der Waals surface area contributed by atoms with Crippen LogP contribution in [0.3, 0.4) is 0 Å². The van der Waals surface area contributed by atoms with Crippen molar-refractivity contribution in [2.24, 2.45) is 0 Å². The Balaban J connectivity index is 2.84. The molecule has 5 heteroatoms. The molecule has 0 radical (unpaired) electrons. The smallest absolute Gasteiger partial charge is 0.234 e. The number of carbonyl (C=O) groups excluding carboxylic acids is 1. The molecule has 1 amide bonds. The molecule has 0 unspecified atom stereocenters. The maximum absolute atomic E-state index is 11.9. The molecule has 124 valence electrons. The molecule has 0 saturated heterocycles. The van der Waals surface area contributed by atoms with Crippen molar-refractivity contribution in [2.45, 2.75) is 40.3 Å². The SMILES string of the molecule is CCN(CC(=O)NC(C)C)Cc1cc(OC)c(OC)cc1C. The molecule has 1 rings (SSSR count). The van der Waals surface area contributed by atoms with Gasteiger partial charge in [-0.05, 0) is 50.6 Å².